The summed E-state index contributed by atoms with van der Waals surface area (Å²) in [5, 5.41) is 0. The van der Waals surface area contributed by atoms with Crippen LogP contribution in [0.2, 0.25) is 0 Å². The number of nitrogens with zero attached hydrogens (tertiary/aromatic N) is 1. The van der Waals surface area contributed by atoms with Gasteiger partial charge in [0.15, 0.2) is 0 Å². The first kappa shape index (κ1) is 14.4. The Morgan fingerprint density at radius 2 is 1.94 bits per heavy atom. The SMILES string of the molecule is CN=C(C=C(N)C1CCC(C=O)CC1)C(=O)OC. The highest BCUT2D eigenvalue weighted by atomic mass is 16.5. The van der Waals surface area contributed by atoms with Crippen LogP contribution in [0.25, 0.3) is 0 Å². The standard InChI is InChI=1S/C13H20N2O3/c1-15-12(13(17)18-2)7-11(14)10-5-3-9(8-16)4-6-10/h7-10H,3-6,14H2,1-2H3. The molecule has 0 bridgehead atoms. The van der Waals surface area contributed by atoms with E-state index in [4.69, 9.17) is 5.73 Å². The molecule has 1 fully saturated rings. The number of hydrogen-bond donors (Lipinski definition) is 1. The van der Waals surface area contributed by atoms with Crippen molar-refractivity contribution in [3.8, 4) is 0 Å². The number of nitrogens with two attached hydrogens (primary N) is 1. The zero-order chi connectivity index (χ0) is 13.5. The number of aldehydes is 1. The fraction of sp³-hybridized carbons (Fsp3) is 0.615. The smallest absolute Gasteiger partial charge is 0.356 e. The van der Waals surface area contributed by atoms with Gasteiger partial charge in [-0.3, -0.25) is 4.99 Å². The van der Waals surface area contributed by atoms with Gasteiger partial charge in [0.2, 0.25) is 0 Å². The van der Waals surface area contributed by atoms with Crippen molar-refractivity contribution in [1.82, 2.24) is 0 Å². The van der Waals surface area contributed by atoms with Crippen molar-refractivity contribution in [2.24, 2.45) is 22.6 Å². The summed E-state index contributed by atoms with van der Waals surface area (Å²) in [6, 6.07) is 0. The van der Waals surface area contributed by atoms with E-state index >= 15 is 0 Å². The molecular formula is C13H20N2O3. The molecule has 5 nitrogen and oxygen atoms in total. The molecule has 0 spiro atoms. The van der Waals surface area contributed by atoms with Crippen LogP contribution >= 0.6 is 0 Å². The normalized spacial score (nSPS) is 25.7. The predicted molar refractivity (Wildman–Crippen MR) is 69.2 cm³/mol. The topological polar surface area (TPSA) is 81.8 Å². The van der Waals surface area contributed by atoms with Gasteiger partial charge in [0.25, 0.3) is 0 Å². The lowest BCUT2D eigenvalue weighted by Crippen LogP contribution is -2.23. The van der Waals surface area contributed by atoms with Crippen LogP contribution in [-0.2, 0) is 14.3 Å². The molecule has 0 saturated heterocycles. The van der Waals surface area contributed by atoms with Crippen molar-refractivity contribution in [3.05, 3.63) is 11.8 Å². The van der Waals surface area contributed by atoms with Crippen LogP contribution in [0.1, 0.15) is 25.7 Å². The average Bonchev–Trinajstić information content (AvgIpc) is 2.43. The average molecular weight is 252 g/mol. The molecule has 0 aromatic carbocycles. The second-order valence-corrected chi connectivity index (χ2v) is 4.49. The van der Waals surface area contributed by atoms with E-state index in [-0.39, 0.29) is 17.5 Å². The Balaban J connectivity index is 2.66. The number of rotatable bonds is 4. The second-order valence-electron chi connectivity index (χ2n) is 4.49. The minimum Gasteiger partial charge on any atom is -0.464 e. The molecule has 0 atom stereocenters. The molecular weight excluding hydrogens is 232 g/mol. The lowest BCUT2D eigenvalue weighted by molar-refractivity contribution is -0.132. The minimum atomic E-state index is -0.484. The number of hydrogen-bond acceptors (Lipinski definition) is 5. The van der Waals surface area contributed by atoms with Crippen molar-refractivity contribution in [1.29, 1.82) is 0 Å². The highest BCUT2D eigenvalue weighted by molar-refractivity contribution is 6.41. The summed E-state index contributed by atoms with van der Waals surface area (Å²) in [7, 11) is 2.84. The van der Waals surface area contributed by atoms with Gasteiger partial charge < -0.3 is 15.3 Å². The molecule has 18 heavy (non-hydrogen) atoms. The summed E-state index contributed by atoms with van der Waals surface area (Å²) in [6.45, 7) is 0. The fourth-order valence-corrected chi connectivity index (χ4v) is 2.18. The van der Waals surface area contributed by atoms with Gasteiger partial charge in [0, 0.05) is 18.7 Å². The van der Waals surface area contributed by atoms with Crippen molar-refractivity contribution in [2.75, 3.05) is 14.2 Å². The number of methoxy groups -OCH3 is 1. The first-order valence-corrected chi connectivity index (χ1v) is 6.09. The molecule has 100 valence electrons. The summed E-state index contributed by atoms with van der Waals surface area (Å²) in [5.41, 5.74) is 6.86. The molecule has 0 aliphatic heterocycles. The Hall–Kier alpha value is -1.65. The number of allylic oxidation sites excluding steroid dienone is 1. The van der Waals surface area contributed by atoms with Gasteiger partial charge in [-0.15, -0.1) is 0 Å². The summed E-state index contributed by atoms with van der Waals surface area (Å²) < 4.78 is 4.61. The molecule has 1 rings (SSSR count). The van der Waals surface area contributed by atoms with Gasteiger partial charge in [-0.2, -0.15) is 0 Å². The van der Waals surface area contributed by atoms with Crippen LogP contribution in [-0.4, -0.2) is 32.1 Å². The maximum Gasteiger partial charge on any atom is 0.356 e. The molecule has 0 unspecified atom stereocenters. The highest BCUT2D eigenvalue weighted by Gasteiger charge is 2.23. The molecule has 1 aliphatic carbocycles. The molecule has 0 heterocycles. The minimum absolute atomic E-state index is 0.161. The van der Waals surface area contributed by atoms with E-state index in [1.54, 1.807) is 6.08 Å². The third-order valence-electron chi connectivity index (χ3n) is 3.37. The first-order valence-electron chi connectivity index (χ1n) is 6.09. The summed E-state index contributed by atoms with van der Waals surface area (Å²) in [6.07, 6.45) is 6.08. The van der Waals surface area contributed by atoms with Crippen LogP contribution in [0.3, 0.4) is 0 Å². The molecule has 0 amide bonds. The van der Waals surface area contributed by atoms with Crippen LogP contribution in [0, 0.1) is 11.8 Å². The quantitative estimate of drug-likeness (QED) is 0.461. The van der Waals surface area contributed by atoms with E-state index in [9.17, 15) is 9.59 Å². The molecule has 0 aromatic rings. The maximum absolute atomic E-state index is 11.4. The Labute approximate surface area is 107 Å². The second kappa shape index (κ2) is 6.93. The summed E-state index contributed by atoms with van der Waals surface area (Å²) in [5.74, 6) is -0.0985. The molecule has 1 saturated carbocycles. The van der Waals surface area contributed by atoms with E-state index in [0.717, 1.165) is 32.0 Å². The zero-order valence-corrected chi connectivity index (χ0v) is 10.9. The number of aliphatic imine (C=N–C) groups is 1. The van der Waals surface area contributed by atoms with E-state index in [1.165, 1.54) is 14.2 Å². The Kier molecular flexibility index (Phi) is 5.55. The molecule has 0 radical (unpaired) electrons. The van der Waals surface area contributed by atoms with Crippen LogP contribution in [0.5, 0.6) is 0 Å². The number of carbonyl (C=O) groups excluding carboxylic acids is 2. The van der Waals surface area contributed by atoms with E-state index in [2.05, 4.69) is 9.73 Å². The van der Waals surface area contributed by atoms with E-state index in [0.29, 0.717) is 5.70 Å². The van der Waals surface area contributed by atoms with Gasteiger partial charge in [0.05, 0.1) is 7.11 Å². The predicted octanol–water partition coefficient (Wildman–Crippen LogP) is 1.08. The van der Waals surface area contributed by atoms with Gasteiger partial charge in [-0.05, 0) is 37.7 Å². The van der Waals surface area contributed by atoms with Gasteiger partial charge in [-0.25, -0.2) is 4.79 Å². The van der Waals surface area contributed by atoms with Crippen molar-refractivity contribution >= 4 is 18.0 Å². The number of esters is 1. The van der Waals surface area contributed by atoms with E-state index in [1.807, 2.05) is 0 Å². The van der Waals surface area contributed by atoms with E-state index < -0.39 is 5.97 Å². The van der Waals surface area contributed by atoms with Crippen molar-refractivity contribution in [3.63, 3.8) is 0 Å². The summed E-state index contributed by atoms with van der Waals surface area (Å²) in [4.78, 5) is 25.9. The lowest BCUT2D eigenvalue weighted by atomic mass is 9.81. The van der Waals surface area contributed by atoms with Crippen molar-refractivity contribution in [2.45, 2.75) is 25.7 Å². The Morgan fingerprint density at radius 1 is 1.33 bits per heavy atom. The third-order valence-corrected chi connectivity index (χ3v) is 3.37. The van der Waals surface area contributed by atoms with Gasteiger partial charge in [0.1, 0.15) is 12.0 Å². The zero-order valence-electron chi connectivity index (χ0n) is 10.9. The van der Waals surface area contributed by atoms with Crippen LogP contribution in [0.4, 0.5) is 0 Å². The maximum atomic E-state index is 11.4. The highest BCUT2D eigenvalue weighted by Crippen LogP contribution is 2.30. The van der Waals surface area contributed by atoms with Gasteiger partial charge >= 0.3 is 5.97 Å². The van der Waals surface area contributed by atoms with Gasteiger partial charge in [-0.1, -0.05) is 0 Å². The summed E-state index contributed by atoms with van der Waals surface area (Å²) >= 11 is 0. The largest absolute Gasteiger partial charge is 0.464 e. The van der Waals surface area contributed by atoms with Crippen LogP contribution in [0.15, 0.2) is 16.8 Å². The van der Waals surface area contributed by atoms with Crippen molar-refractivity contribution < 1.29 is 14.3 Å². The Morgan fingerprint density at radius 3 is 2.39 bits per heavy atom. The number of ether oxygens (including phenoxy) is 1. The monoisotopic (exact) mass is 252 g/mol. The Bertz CT molecular complexity index is 366. The molecule has 2 N–H and O–H groups in total. The van der Waals surface area contributed by atoms with Crippen LogP contribution < -0.4 is 5.73 Å². The third kappa shape index (κ3) is 3.68. The molecule has 5 heteroatoms. The number of carbonyl (C=O) groups is 2. The fourth-order valence-electron chi connectivity index (χ4n) is 2.18. The lowest BCUT2D eigenvalue weighted by Gasteiger charge is -2.25. The molecule has 0 aromatic heterocycles. The molecule has 1 aliphatic rings. The first-order chi connectivity index (χ1) is 8.62.